The summed E-state index contributed by atoms with van der Waals surface area (Å²) in [4.78, 5) is 2.18. The van der Waals surface area contributed by atoms with Crippen LogP contribution >= 0.6 is 0 Å². The molecule has 380 valence electrons. The molecule has 0 aliphatic heterocycles. The molecule has 0 heterocycles. The van der Waals surface area contributed by atoms with Crippen LogP contribution in [0.4, 0.5) is 17.1 Å². The number of anilines is 3. The number of para-hydroxylation sites is 3. The van der Waals surface area contributed by atoms with Crippen LogP contribution in [0, 0.1) is 71.0 Å². The fourth-order valence-corrected chi connectivity index (χ4v) is 8.23. The fraction of sp³-hybridized carbons (Fsp3) is 0.0833. The van der Waals surface area contributed by atoms with Gasteiger partial charge in [0.05, 0.1) is 76.0 Å². The van der Waals surface area contributed by atoms with Crippen molar-refractivity contribution in [1.82, 2.24) is 0 Å². The normalized spacial score (nSPS) is 9.80. The van der Waals surface area contributed by atoms with Gasteiger partial charge in [-0.25, -0.2) is 0 Å². The number of hydrogen-bond donors (Lipinski definition) is 0. The average molecular weight is 1030 g/mol. The number of rotatable bonds is 9. The van der Waals surface area contributed by atoms with Crippen LogP contribution in [-0.2, 0) is 0 Å². The van der Waals surface area contributed by atoms with Gasteiger partial charge in [-0.2, -0.15) is 0 Å². The molecule has 0 spiro atoms. The highest BCUT2D eigenvalue weighted by Crippen LogP contribution is 2.35. The molecule has 9 aromatic carbocycles. The van der Waals surface area contributed by atoms with Gasteiger partial charge in [-0.3, -0.25) is 0 Å². The van der Waals surface area contributed by atoms with E-state index >= 15 is 0 Å². The van der Waals surface area contributed by atoms with Crippen LogP contribution in [0.3, 0.4) is 0 Å². The summed E-state index contributed by atoms with van der Waals surface area (Å²) in [5.41, 5.74) is 12.3. The zero-order valence-corrected chi connectivity index (χ0v) is 44.4. The van der Waals surface area contributed by atoms with Crippen molar-refractivity contribution in [3.05, 3.63) is 267 Å². The Hall–Kier alpha value is -11.1. The minimum Gasteiger partial charge on any atom is -0.495 e. The van der Waals surface area contributed by atoms with E-state index in [0.717, 1.165) is 101 Å². The Balaban J connectivity index is 0.980. The lowest BCUT2D eigenvalue weighted by molar-refractivity contribution is 0.413. The molecule has 0 N–H and O–H groups in total. The maximum absolute atomic E-state index is 5.75. The quantitative estimate of drug-likeness (QED) is 0.134. The topological polar surface area (TPSA) is 58.6 Å². The van der Waals surface area contributed by atoms with Crippen molar-refractivity contribution >= 4 is 17.1 Å². The van der Waals surface area contributed by atoms with Crippen molar-refractivity contribution in [2.45, 2.75) is 0 Å². The van der Waals surface area contributed by atoms with Gasteiger partial charge in [0, 0.05) is 50.4 Å². The van der Waals surface area contributed by atoms with Crippen molar-refractivity contribution < 1.29 is 28.4 Å². The molecule has 0 saturated carbocycles. The second-order valence-electron chi connectivity index (χ2n) is 17.3. The Morgan fingerprint density at radius 1 is 0.215 bits per heavy atom. The van der Waals surface area contributed by atoms with Gasteiger partial charge in [0.2, 0.25) is 0 Å². The van der Waals surface area contributed by atoms with E-state index in [9.17, 15) is 0 Å². The molecule has 0 aliphatic rings. The third-order valence-electron chi connectivity index (χ3n) is 12.4. The summed E-state index contributed by atoms with van der Waals surface area (Å²) in [7, 11) is 9.82. The van der Waals surface area contributed by atoms with Crippen molar-refractivity contribution in [2.24, 2.45) is 0 Å². The maximum Gasteiger partial charge on any atom is 0.135 e. The molecule has 0 atom stereocenters. The van der Waals surface area contributed by atoms with Gasteiger partial charge in [0.1, 0.15) is 34.5 Å². The van der Waals surface area contributed by atoms with Crippen LogP contribution in [0.2, 0.25) is 0 Å². The molecular weight excluding hydrogens is 975 g/mol. The monoisotopic (exact) mass is 1030 g/mol. The van der Waals surface area contributed by atoms with Crippen molar-refractivity contribution in [1.29, 1.82) is 0 Å². The molecule has 0 radical (unpaired) electrons. The maximum atomic E-state index is 5.75. The van der Waals surface area contributed by atoms with Crippen LogP contribution in [0.5, 0.6) is 34.5 Å². The number of benzene rings is 9. The minimum absolute atomic E-state index is 0.634. The molecule has 0 aliphatic carbocycles. The third kappa shape index (κ3) is 13.4. The number of ether oxygens (including phenoxy) is 6. The Labute approximate surface area is 463 Å². The van der Waals surface area contributed by atoms with E-state index in [1.807, 2.05) is 164 Å². The van der Waals surface area contributed by atoms with Gasteiger partial charge in [-0.05, 0) is 164 Å². The van der Waals surface area contributed by atoms with Gasteiger partial charge in [0.15, 0.2) is 0 Å². The van der Waals surface area contributed by atoms with E-state index in [2.05, 4.69) is 112 Å². The Morgan fingerprint density at radius 2 is 0.430 bits per heavy atom. The second kappa shape index (κ2) is 25.9. The van der Waals surface area contributed by atoms with Crippen molar-refractivity contribution in [3.63, 3.8) is 0 Å². The van der Waals surface area contributed by atoms with E-state index in [0.29, 0.717) is 17.2 Å². The first kappa shape index (κ1) is 52.8. The van der Waals surface area contributed by atoms with Crippen molar-refractivity contribution in [2.75, 3.05) is 47.6 Å². The summed E-state index contributed by atoms with van der Waals surface area (Å²) in [5, 5.41) is 0. The first-order valence-corrected chi connectivity index (χ1v) is 25.0. The highest BCUT2D eigenvalue weighted by molar-refractivity contribution is 5.78. The van der Waals surface area contributed by atoms with E-state index in [4.69, 9.17) is 28.4 Å². The summed E-state index contributed by atoms with van der Waals surface area (Å²) < 4.78 is 33.7. The highest BCUT2D eigenvalue weighted by atomic mass is 16.5. The molecule has 79 heavy (non-hydrogen) atoms. The van der Waals surface area contributed by atoms with Gasteiger partial charge in [-0.15, -0.1) is 0 Å². The van der Waals surface area contributed by atoms with E-state index in [1.54, 1.807) is 42.7 Å². The van der Waals surface area contributed by atoms with E-state index < -0.39 is 0 Å². The molecule has 0 aromatic heterocycles. The predicted octanol–water partition coefficient (Wildman–Crippen LogP) is 13.6. The molecule has 7 heteroatoms. The summed E-state index contributed by atoms with van der Waals surface area (Å²) in [5.74, 6) is 43.2. The van der Waals surface area contributed by atoms with Crippen LogP contribution in [0.25, 0.3) is 0 Å². The Kier molecular flexibility index (Phi) is 17.3. The Morgan fingerprint density at radius 3 is 0.684 bits per heavy atom. The molecule has 0 unspecified atom stereocenters. The van der Waals surface area contributed by atoms with Crippen molar-refractivity contribution in [3.8, 4) is 106 Å². The van der Waals surface area contributed by atoms with Crippen LogP contribution < -0.4 is 33.3 Å². The third-order valence-corrected chi connectivity index (χ3v) is 12.4. The number of methoxy groups -OCH3 is 6. The van der Waals surface area contributed by atoms with Gasteiger partial charge in [0.25, 0.3) is 0 Å². The van der Waals surface area contributed by atoms with Crippen LogP contribution in [0.1, 0.15) is 66.8 Å². The lowest BCUT2D eigenvalue weighted by Crippen LogP contribution is -2.10. The first-order chi connectivity index (χ1) is 38.8. The average Bonchev–Trinajstić information content (AvgIpc) is 3.52. The second-order valence-corrected chi connectivity index (χ2v) is 17.3. The largest absolute Gasteiger partial charge is 0.495 e. The molecule has 0 bridgehead atoms. The summed E-state index contributed by atoms with van der Waals surface area (Å²) in [6, 6.07) is 64.8. The summed E-state index contributed by atoms with van der Waals surface area (Å²) in [6.45, 7) is 0. The lowest BCUT2D eigenvalue weighted by Gasteiger charge is -2.25. The molecule has 7 nitrogen and oxygen atoms in total. The molecule has 0 fully saturated rings. The Bertz CT molecular complexity index is 3640. The molecule has 0 saturated heterocycles. The molecule has 0 amide bonds. The van der Waals surface area contributed by atoms with E-state index in [1.165, 1.54) is 0 Å². The minimum atomic E-state index is 0.634. The van der Waals surface area contributed by atoms with Gasteiger partial charge < -0.3 is 33.3 Å². The highest BCUT2D eigenvalue weighted by Gasteiger charge is 2.14. The summed E-state index contributed by atoms with van der Waals surface area (Å²) >= 11 is 0. The standard InChI is InChI=1S/C72H51NO6/c1-74-67-16-10-7-13-58(67)37-22-55-25-40-61(70(49-55)77-4)34-19-52-28-43-64(44-29-52)73(65-45-30-53(31-46-65)20-35-62-41-26-56(50-71(62)78-5)23-38-59-14-8-11-17-68(59)75-2)66-47-32-54(33-48-66)21-36-63-42-27-57(51-72(63)79-6)24-39-60-15-9-12-18-69(60)76-3/h7-18,25-33,40-51H,1-6H3. The first-order valence-electron chi connectivity index (χ1n) is 25.0. The predicted molar refractivity (Wildman–Crippen MR) is 315 cm³/mol. The molecular formula is C72H51NO6. The number of hydrogen-bond acceptors (Lipinski definition) is 7. The zero-order chi connectivity index (χ0) is 54.8. The molecule has 9 aromatic rings. The molecule has 9 rings (SSSR count). The van der Waals surface area contributed by atoms with E-state index in [-0.39, 0.29) is 0 Å². The number of nitrogens with zero attached hydrogens (tertiary/aromatic N) is 1. The lowest BCUT2D eigenvalue weighted by atomic mass is 10.1. The summed E-state index contributed by atoms with van der Waals surface area (Å²) in [6.07, 6.45) is 0. The van der Waals surface area contributed by atoms with Crippen LogP contribution in [0.15, 0.2) is 200 Å². The SMILES string of the molecule is COc1ccccc1C#Cc1ccc(C#Cc2ccc(N(c3ccc(C#Cc4ccc(C#Cc5ccccc5OC)cc4OC)cc3)c3ccc(C#Cc4ccc(C#Cc5ccccc5OC)cc4OC)cc3)cc2)c(OC)c1. The van der Waals surface area contributed by atoms with Crippen LogP contribution in [-0.4, -0.2) is 42.7 Å². The zero-order valence-electron chi connectivity index (χ0n) is 44.4. The smallest absolute Gasteiger partial charge is 0.135 e. The van der Waals surface area contributed by atoms with Gasteiger partial charge in [-0.1, -0.05) is 107 Å². The van der Waals surface area contributed by atoms with Gasteiger partial charge >= 0.3 is 0 Å². The fourth-order valence-electron chi connectivity index (χ4n) is 8.23.